The Labute approximate surface area is 110 Å². The summed E-state index contributed by atoms with van der Waals surface area (Å²) in [5.74, 6) is 0.350. The number of aromatic hydroxyl groups is 1. The average Bonchev–Trinajstić information content (AvgIpc) is 2.40. The highest BCUT2D eigenvalue weighted by Crippen LogP contribution is 2.15. The van der Waals surface area contributed by atoms with Gasteiger partial charge >= 0.3 is 0 Å². The fraction of sp³-hybridized carbons (Fsp3) is 0.600. The van der Waals surface area contributed by atoms with E-state index >= 15 is 0 Å². The van der Waals surface area contributed by atoms with Crippen LogP contribution in [-0.4, -0.2) is 42.2 Å². The SMILES string of the molecule is CCCCN1CCNC[C@@H]1Cc1ccc(O)cc1. The molecule has 0 saturated carbocycles. The zero-order chi connectivity index (χ0) is 12.8. The Hall–Kier alpha value is -1.06. The number of hydrogen-bond acceptors (Lipinski definition) is 3. The van der Waals surface area contributed by atoms with Crippen molar-refractivity contribution in [3.8, 4) is 5.75 Å². The van der Waals surface area contributed by atoms with Crippen molar-refractivity contribution in [3.05, 3.63) is 29.8 Å². The first-order valence-corrected chi connectivity index (χ1v) is 7.02. The summed E-state index contributed by atoms with van der Waals surface area (Å²) in [6.45, 7) is 6.79. The van der Waals surface area contributed by atoms with E-state index in [1.807, 2.05) is 12.1 Å². The van der Waals surface area contributed by atoms with E-state index in [4.69, 9.17) is 0 Å². The van der Waals surface area contributed by atoms with Gasteiger partial charge in [-0.1, -0.05) is 25.5 Å². The Balaban J connectivity index is 1.94. The molecule has 0 spiro atoms. The predicted molar refractivity (Wildman–Crippen MR) is 74.9 cm³/mol. The lowest BCUT2D eigenvalue weighted by molar-refractivity contribution is 0.158. The summed E-state index contributed by atoms with van der Waals surface area (Å²) in [5, 5.41) is 12.8. The molecule has 1 heterocycles. The molecule has 0 radical (unpaired) electrons. The Morgan fingerprint density at radius 2 is 2.11 bits per heavy atom. The lowest BCUT2D eigenvalue weighted by Crippen LogP contribution is -2.52. The smallest absolute Gasteiger partial charge is 0.115 e. The van der Waals surface area contributed by atoms with Crippen molar-refractivity contribution in [2.75, 3.05) is 26.2 Å². The first kappa shape index (κ1) is 13.4. The summed E-state index contributed by atoms with van der Waals surface area (Å²) in [6, 6.07) is 8.21. The Bertz CT molecular complexity index is 350. The van der Waals surface area contributed by atoms with E-state index in [1.54, 1.807) is 12.1 Å². The summed E-state index contributed by atoms with van der Waals surface area (Å²) >= 11 is 0. The van der Waals surface area contributed by atoms with Crippen LogP contribution in [0.1, 0.15) is 25.3 Å². The molecule has 100 valence electrons. The van der Waals surface area contributed by atoms with Crippen LogP contribution in [0.15, 0.2) is 24.3 Å². The van der Waals surface area contributed by atoms with Gasteiger partial charge in [-0.05, 0) is 37.1 Å². The second-order valence-corrected chi connectivity index (χ2v) is 5.12. The van der Waals surface area contributed by atoms with E-state index in [-0.39, 0.29) is 0 Å². The summed E-state index contributed by atoms with van der Waals surface area (Å²) in [7, 11) is 0. The van der Waals surface area contributed by atoms with Crippen molar-refractivity contribution >= 4 is 0 Å². The van der Waals surface area contributed by atoms with Gasteiger partial charge in [0.2, 0.25) is 0 Å². The molecule has 3 heteroatoms. The molecular weight excluding hydrogens is 224 g/mol. The Morgan fingerprint density at radius 3 is 2.83 bits per heavy atom. The fourth-order valence-electron chi connectivity index (χ4n) is 2.56. The second-order valence-electron chi connectivity index (χ2n) is 5.12. The fourth-order valence-corrected chi connectivity index (χ4v) is 2.56. The van der Waals surface area contributed by atoms with Crippen LogP contribution < -0.4 is 5.32 Å². The van der Waals surface area contributed by atoms with Gasteiger partial charge in [-0.25, -0.2) is 0 Å². The molecule has 1 aliphatic rings. The summed E-state index contributed by atoms with van der Waals surface area (Å²) in [4.78, 5) is 2.60. The molecule has 0 unspecified atom stereocenters. The zero-order valence-corrected chi connectivity index (χ0v) is 11.2. The minimum Gasteiger partial charge on any atom is -0.508 e. The van der Waals surface area contributed by atoms with Crippen molar-refractivity contribution in [1.29, 1.82) is 0 Å². The van der Waals surface area contributed by atoms with Crippen LogP contribution in [0.2, 0.25) is 0 Å². The monoisotopic (exact) mass is 248 g/mol. The standard InChI is InChI=1S/C15H24N2O/c1-2-3-9-17-10-8-16-12-14(17)11-13-4-6-15(18)7-5-13/h4-7,14,16,18H,2-3,8-12H2,1H3/t14-/m0/s1. The molecule has 1 aromatic rings. The molecule has 1 fully saturated rings. The number of phenolic OH excluding ortho intramolecular Hbond substituents is 1. The van der Waals surface area contributed by atoms with E-state index in [2.05, 4.69) is 17.1 Å². The third-order valence-corrected chi connectivity index (χ3v) is 3.68. The van der Waals surface area contributed by atoms with Gasteiger partial charge in [0, 0.05) is 25.7 Å². The predicted octanol–water partition coefficient (Wildman–Crippen LogP) is 2.01. The molecule has 2 N–H and O–H groups in total. The van der Waals surface area contributed by atoms with Crippen LogP contribution in [0.4, 0.5) is 0 Å². The topological polar surface area (TPSA) is 35.5 Å². The van der Waals surface area contributed by atoms with Gasteiger partial charge in [-0.3, -0.25) is 4.90 Å². The van der Waals surface area contributed by atoms with Crippen molar-refractivity contribution in [1.82, 2.24) is 10.2 Å². The van der Waals surface area contributed by atoms with Gasteiger partial charge in [0.15, 0.2) is 0 Å². The van der Waals surface area contributed by atoms with Gasteiger partial charge in [-0.2, -0.15) is 0 Å². The van der Waals surface area contributed by atoms with Gasteiger partial charge < -0.3 is 10.4 Å². The van der Waals surface area contributed by atoms with Crippen molar-refractivity contribution in [2.45, 2.75) is 32.2 Å². The molecule has 0 aromatic heterocycles. The quantitative estimate of drug-likeness (QED) is 0.836. The van der Waals surface area contributed by atoms with Crippen LogP contribution in [0.25, 0.3) is 0 Å². The first-order valence-electron chi connectivity index (χ1n) is 7.02. The molecular formula is C15H24N2O. The number of benzene rings is 1. The van der Waals surface area contributed by atoms with Crippen LogP contribution in [0.5, 0.6) is 5.75 Å². The van der Waals surface area contributed by atoms with Gasteiger partial charge in [-0.15, -0.1) is 0 Å². The maximum absolute atomic E-state index is 9.31. The van der Waals surface area contributed by atoms with Gasteiger partial charge in [0.1, 0.15) is 5.75 Å². The van der Waals surface area contributed by atoms with Crippen LogP contribution in [-0.2, 0) is 6.42 Å². The first-order chi connectivity index (χ1) is 8.79. The van der Waals surface area contributed by atoms with Gasteiger partial charge in [0.25, 0.3) is 0 Å². The normalized spacial score (nSPS) is 21.1. The van der Waals surface area contributed by atoms with Crippen molar-refractivity contribution in [2.24, 2.45) is 0 Å². The highest BCUT2D eigenvalue weighted by Gasteiger charge is 2.21. The molecule has 1 aromatic carbocycles. The minimum atomic E-state index is 0.350. The average molecular weight is 248 g/mol. The summed E-state index contributed by atoms with van der Waals surface area (Å²) in [5.41, 5.74) is 1.31. The van der Waals surface area contributed by atoms with E-state index in [9.17, 15) is 5.11 Å². The van der Waals surface area contributed by atoms with Crippen LogP contribution in [0, 0.1) is 0 Å². The number of nitrogens with one attached hydrogen (secondary N) is 1. The van der Waals surface area contributed by atoms with Crippen molar-refractivity contribution < 1.29 is 5.11 Å². The highest BCUT2D eigenvalue weighted by molar-refractivity contribution is 5.26. The lowest BCUT2D eigenvalue weighted by atomic mass is 10.0. The van der Waals surface area contributed by atoms with Crippen LogP contribution in [0.3, 0.4) is 0 Å². The third kappa shape index (κ3) is 3.72. The van der Waals surface area contributed by atoms with E-state index < -0.39 is 0 Å². The Kier molecular flexibility index (Phi) is 5.02. The van der Waals surface area contributed by atoms with E-state index in [0.717, 1.165) is 26.1 Å². The molecule has 0 bridgehead atoms. The maximum Gasteiger partial charge on any atom is 0.115 e. The third-order valence-electron chi connectivity index (χ3n) is 3.68. The van der Waals surface area contributed by atoms with Crippen LogP contribution >= 0.6 is 0 Å². The largest absolute Gasteiger partial charge is 0.508 e. The van der Waals surface area contributed by atoms with E-state index in [0.29, 0.717) is 11.8 Å². The zero-order valence-electron chi connectivity index (χ0n) is 11.2. The molecule has 0 aliphatic carbocycles. The van der Waals surface area contributed by atoms with Crippen molar-refractivity contribution in [3.63, 3.8) is 0 Å². The highest BCUT2D eigenvalue weighted by atomic mass is 16.3. The molecule has 18 heavy (non-hydrogen) atoms. The molecule has 3 nitrogen and oxygen atoms in total. The number of phenols is 1. The van der Waals surface area contributed by atoms with Gasteiger partial charge in [0.05, 0.1) is 0 Å². The number of rotatable bonds is 5. The number of nitrogens with zero attached hydrogens (tertiary/aromatic N) is 1. The maximum atomic E-state index is 9.31. The second kappa shape index (κ2) is 6.76. The molecule has 1 saturated heterocycles. The number of unbranched alkanes of at least 4 members (excludes halogenated alkanes) is 1. The molecule has 0 amide bonds. The summed E-state index contributed by atoms with van der Waals surface area (Å²) < 4.78 is 0. The number of piperazine rings is 1. The summed E-state index contributed by atoms with van der Waals surface area (Å²) in [6.07, 6.45) is 3.61. The number of hydrogen-bond donors (Lipinski definition) is 2. The Morgan fingerprint density at radius 1 is 1.33 bits per heavy atom. The lowest BCUT2D eigenvalue weighted by Gasteiger charge is -2.36. The minimum absolute atomic E-state index is 0.350. The molecule has 1 aliphatic heterocycles. The van der Waals surface area contributed by atoms with E-state index in [1.165, 1.54) is 24.9 Å². The molecule has 2 rings (SSSR count). The molecule has 1 atom stereocenters.